The number of fused-ring (bicyclic) bond motifs is 1. The van der Waals surface area contributed by atoms with E-state index in [1.54, 1.807) is 18.3 Å². The molecular formula is C20H21NO4. The van der Waals surface area contributed by atoms with Crippen molar-refractivity contribution in [2.24, 2.45) is 0 Å². The normalized spacial score (nSPS) is 10.8. The maximum absolute atomic E-state index is 11.3. The Kier molecular flexibility index (Phi) is 5.67. The predicted octanol–water partition coefficient (Wildman–Crippen LogP) is 4.12. The summed E-state index contributed by atoms with van der Waals surface area (Å²) in [6, 6.07) is 12.6. The quantitative estimate of drug-likeness (QED) is 0.456. The molecule has 0 unspecified atom stereocenters. The Morgan fingerprint density at radius 1 is 0.920 bits per heavy atom. The van der Waals surface area contributed by atoms with Crippen molar-refractivity contribution in [3.05, 3.63) is 64.8 Å². The third kappa shape index (κ3) is 5.08. The van der Waals surface area contributed by atoms with Crippen molar-refractivity contribution in [1.82, 2.24) is 4.98 Å². The van der Waals surface area contributed by atoms with Crippen molar-refractivity contribution in [1.29, 1.82) is 0 Å². The van der Waals surface area contributed by atoms with Crippen LogP contribution in [-0.2, 0) is 0 Å². The van der Waals surface area contributed by atoms with Gasteiger partial charge in [-0.15, -0.1) is 0 Å². The number of rotatable bonds is 8. The lowest BCUT2D eigenvalue weighted by Crippen LogP contribution is -2.01. The van der Waals surface area contributed by atoms with Gasteiger partial charge in [0.2, 0.25) is 0 Å². The number of hydrogen-bond acceptors (Lipinski definition) is 5. The Morgan fingerprint density at radius 2 is 1.64 bits per heavy atom. The first-order chi connectivity index (χ1) is 12.2. The van der Waals surface area contributed by atoms with Crippen molar-refractivity contribution in [2.45, 2.75) is 26.2 Å². The highest BCUT2D eigenvalue weighted by molar-refractivity contribution is 5.77. The number of nitrogens with zero attached hydrogens (tertiary/aromatic N) is 1. The Bertz CT molecular complexity index is 871. The average molecular weight is 339 g/mol. The zero-order valence-electron chi connectivity index (χ0n) is 14.2. The van der Waals surface area contributed by atoms with E-state index in [-0.39, 0.29) is 5.63 Å². The number of aromatic nitrogens is 1. The molecule has 0 aliphatic heterocycles. The van der Waals surface area contributed by atoms with Crippen LogP contribution in [0.4, 0.5) is 0 Å². The van der Waals surface area contributed by atoms with E-state index in [1.165, 1.54) is 6.07 Å². The van der Waals surface area contributed by atoms with Gasteiger partial charge in [-0.2, -0.15) is 0 Å². The van der Waals surface area contributed by atoms with E-state index in [0.29, 0.717) is 24.5 Å². The molecular weight excluding hydrogens is 318 g/mol. The molecule has 0 fully saturated rings. The summed E-state index contributed by atoms with van der Waals surface area (Å²) in [6.45, 7) is 3.24. The van der Waals surface area contributed by atoms with E-state index in [4.69, 9.17) is 13.9 Å². The molecule has 0 atom stereocenters. The Hall–Kier alpha value is -2.82. The van der Waals surface area contributed by atoms with Gasteiger partial charge in [-0.1, -0.05) is 0 Å². The van der Waals surface area contributed by atoms with Gasteiger partial charge in [0, 0.05) is 23.2 Å². The van der Waals surface area contributed by atoms with Crippen LogP contribution in [0.5, 0.6) is 11.5 Å². The van der Waals surface area contributed by atoms with E-state index in [9.17, 15) is 4.79 Å². The minimum absolute atomic E-state index is 0.353. The second-order valence-electron chi connectivity index (χ2n) is 5.85. The molecule has 0 N–H and O–H groups in total. The molecule has 0 amide bonds. The first-order valence-corrected chi connectivity index (χ1v) is 8.43. The van der Waals surface area contributed by atoms with E-state index >= 15 is 0 Å². The lowest BCUT2D eigenvalue weighted by molar-refractivity contribution is 0.279. The van der Waals surface area contributed by atoms with E-state index in [1.807, 2.05) is 31.2 Å². The molecule has 2 aromatic heterocycles. The van der Waals surface area contributed by atoms with E-state index < -0.39 is 0 Å². The molecule has 2 heterocycles. The van der Waals surface area contributed by atoms with E-state index in [2.05, 4.69) is 4.98 Å². The Labute approximate surface area is 146 Å². The van der Waals surface area contributed by atoms with Crippen molar-refractivity contribution in [3.8, 4) is 11.5 Å². The summed E-state index contributed by atoms with van der Waals surface area (Å²) in [4.78, 5) is 15.4. The summed E-state index contributed by atoms with van der Waals surface area (Å²) in [5.41, 5.74) is 1.18. The van der Waals surface area contributed by atoms with Gasteiger partial charge in [0.1, 0.15) is 17.1 Å². The maximum atomic E-state index is 11.3. The van der Waals surface area contributed by atoms with Crippen LogP contribution < -0.4 is 15.1 Å². The highest BCUT2D eigenvalue weighted by Gasteiger charge is 2.01. The van der Waals surface area contributed by atoms with Gasteiger partial charge in [0.15, 0.2) is 0 Å². The third-order valence-electron chi connectivity index (χ3n) is 3.80. The van der Waals surface area contributed by atoms with Crippen LogP contribution in [0.1, 0.15) is 25.0 Å². The molecule has 0 aliphatic carbocycles. The minimum atomic E-state index is -0.353. The molecule has 0 saturated carbocycles. The molecule has 0 saturated heterocycles. The van der Waals surface area contributed by atoms with Crippen LogP contribution >= 0.6 is 0 Å². The average Bonchev–Trinajstić information content (AvgIpc) is 2.62. The second-order valence-corrected chi connectivity index (χ2v) is 5.85. The maximum Gasteiger partial charge on any atom is 0.336 e. The summed E-state index contributed by atoms with van der Waals surface area (Å²) >= 11 is 0. The van der Waals surface area contributed by atoms with Gasteiger partial charge in [0.25, 0.3) is 0 Å². The van der Waals surface area contributed by atoms with Crippen LogP contribution in [-0.4, -0.2) is 18.2 Å². The standard InChI is InChI=1S/C20H21NO4/c1-15-5-8-18(14-21-15)24-12-4-2-3-11-23-17-9-6-16-7-10-20(22)25-19(16)13-17/h5-10,13-14H,2-4,11-12H2,1H3. The van der Waals surface area contributed by atoms with Crippen molar-refractivity contribution in [2.75, 3.05) is 13.2 Å². The number of benzene rings is 1. The van der Waals surface area contributed by atoms with Crippen LogP contribution in [0.3, 0.4) is 0 Å². The summed E-state index contributed by atoms with van der Waals surface area (Å²) in [7, 11) is 0. The zero-order valence-corrected chi connectivity index (χ0v) is 14.2. The van der Waals surface area contributed by atoms with Crippen molar-refractivity contribution in [3.63, 3.8) is 0 Å². The monoisotopic (exact) mass is 339 g/mol. The largest absolute Gasteiger partial charge is 0.493 e. The van der Waals surface area contributed by atoms with Crippen LogP contribution in [0, 0.1) is 6.92 Å². The third-order valence-corrected chi connectivity index (χ3v) is 3.80. The number of pyridine rings is 1. The first kappa shape index (κ1) is 17.0. The van der Waals surface area contributed by atoms with Crippen LogP contribution in [0.25, 0.3) is 11.0 Å². The fourth-order valence-electron chi connectivity index (χ4n) is 2.43. The summed E-state index contributed by atoms with van der Waals surface area (Å²) in [5.74, 6) is 1.52. The zero-order chi connectivity index (χ0) is 17.5. The molecule has 130 valence electrons. The SMILES string of the molecule is Cc1ccc(OCCCCCOc2ccc3ccc(=O)oc3c2)cn1. The Morgan fingerprint density at radius 3 is 2.40 bits per heavy atom. The van der Waals surface area contributed by atoms with Gasteiger partial charge >= 0.3 is 5.63 Å². The summed E-state index contributed by atoms with van der Waals surface area (Å²) in [5, 5.41) is 0.884. The van der Waals surface area contributed by atoms with Gasteiger partial charge < -0.3 is 13.9 Å². The number of hydrogen-bond donors (Lipinski definition) is 0. The van der Waals surface area contributed by atoms with Gasteiger partial charge in [-0.25, -0.2) is 4.79 Å². The van der Waals surface area contributed by atoms with Gasteiger partial charge in [-0.3, -0.25) is 4.98 Å². The minimum Gasteiger partial charge on any atom is -0.493 e. The number of unbranched alkanes of at least 4 members (excludes halogenated alkanes) is 2. The molecule has 5 heteroatoms. The topological polar surface area (TPSA) is 61.6 Å². The molecule has 0 spiro atoms. The van der Waals surface area contributed by atoms with Crippen molar-refractivity contribution >= 4 is 11.0 Å². The van der Waals surface area contributed by atoms with E-state index in [0.717, 1.165) is 36.1 Å². The molecule has 0 aliphatic rings. The molecule has 3 rings (SSSR count). The Balaban J connectivity index is 1.35. The summed E-state index contributed by atoms with van der Waals surface area (Å²) < 4.78 is 16.5. The molecule has 3 aromatic rings. The molecule has 1 aromatic carbocycles. The van der Waals surface area contributed by atoms with Gasteiger partial charge in [0.05, 0.1) is 19.4 Å². The lowest BCUT2D eigenvalue weighted by atomic mass is 10.2. The highest BCUT2D eigenvalue weighted by atomic mass is 16.5. The van der Waals surface area contributed by atoms with Crippen molar-refractivity contribution < 1.29 is 13.9 Å². The number of aryl methyl sites for hydroxylation is 1. The fraction of sp³-hybridized carbons (Fsp3) is 0.300. The lowest BCUT2D eigenvalue weighted by Gasteiger charge is -2.08. The molecule has 0 bridgehead atoms. The van der Waals surface area contributed by atoms with Crippen LogP contribution in [0.15, 0.2) is 57.9 Å². The van der Waals surface area contributed by atoms with Crippen LogP contribution in [0.2, 0.25) is 0 Å². The first-order valence-electron chi connectivity index (χ1n) is 8.43. The smallest absolute Gasteiger partial charge is 0.336 e. The predicted molar refractivity (Wildman–Crippen MR) is 96.3 cm³/mol. The highest BCUT2D eigenvalue weighted by Crippen LogP contribution is 2.19. The van der Waals surface area contributed by atoms with Gasteiger partial charge in [-0.05, 0) is 56.5 Å². The molecule has 25 heavy (non-hydrogen) atoms. The fourth-order valence-corrected chi connectivity index (χ4v) is 2.43. The molecule has 5 nitrogen and oxygen atoms in total. The number of ether oxygens (including phenoxy) is 2. The molecule has 0 radical (unpaired) electrons. The summed E-state index contributed by atoms with van der Waals surface area (Å²) in [6.07, 6.45) is 4.66. The second kappa shape index (κ2) is 8.33.